The number of terminal acetylenes is 1. The Bertz CT molecular complexity index is 1290. The largest absolute Gasteiger partial charge is 0.322 e. The lowest BCUT2D eigenvalue weighted by Gasteiger charge is -2.19. The first-order valence-electron chi connectivity index (χ1n) is 9.49. The van der Waals surface area contributed by atoms with Gasteiger partial charge in [0.2, 0.25) is 10.0 Å². The first kappa shape index (κ1) is 23.8. The van der Waals surface area contributed by atoms with Crippen LogP contribution in [0.2, 0.25) is 10.0 Å². The smallest absolute Gasteiger partial charge is 0.255 e. The predicted octanol–water partition coefficient (Wildman–Crippen LogP) is 5.60. The van der Waals surface area contributed by atoms with Crippen molar-refractivity contribution in [3.8, 4) is 23.5 Å². The van der Waals surface area contributed by atoms with Crippen LogP contribution in [0, 0.1) is 12.3 Å². The van der Waals surface area contributed by atoms with Crippen LogP contribution in [0.5, 0.6) is 0 Å². The topological polar surface area (TPSA) is 75.3 Å². The van der Waals surface area contributed by atoms with Crippen LogP contribution in [0.15, 0.2) is 71.6 Å². The molecule has 0 atom stereocenters. The molecule has 0 aliphatic carbocycles. The molecule has 164 valence electrons. The van der Waals surface area contributed by atoms with E-state index in [1.54, 1.807) is 50.2 Å². The van der Waals surface area contributed by atoms with E-state index < -0.39 is 15.6 Å². The quantitative estimate of drug-likeness (QED) is 0.445. The monoisotopic (exact) mass is 486 g/mol. The normalized spacial score (nSPS) is 11.6. The van der Waals surface area contributed by atoms with Crippen molar-refractivity contribution < 1.29 is 13.2 Å². The summed E-state index contributed by atoms with van der Waals surface area (Å²) in [4.78, 5) is 12.5. The molecular weight excluding hydrogens is 467 g/mol. The summed E-state index contributed by atoms with van der Waals surface area (Å²) in [5, 5.41) is 3.48. The van der Waals surface area contributed by atoms with Gasteiger partial charge < -0.3 is 5.32 Å². The van der Waals surface area contributed by atoms with Gasteiger partial charge in [-0.3, -0.25) is 4.79 Å². The second kappa shape index (κ2) is 9.35. The Labute approximate surface area is 197 Å². The Morgan fingerprint density at radius 3 is 2.00 bits per heavy atom. The predicted molar refractivity (Wildman–Crippen MR) is 130 cm³/mol. The fraction of sp³-hybridized carbons (Fsp3) is 0.125. The Balaban J connectivity index is 1.73. The Kier molecular flexibility index (Phi) is 6.97. The van der Waals surface area contributed by atoms with Gasteiger partial charge in [0.1, 0.15) is 0 Å². The number of carbonyl (C=O) groups excluding carboxylic acids is 1. The van der Waals surface area contributed by atoms with E-state index >= 15 is 0 Å². The molecule has 0 aromatic heterocycles. The summed E-state index contributed by atoms with van der Waals surface area (Å²) >= 11 is 11.8. The van der Waals surface area contributed by atoms with Gasteiger partial charge in [-0.1, -0.05) is 53.4 Å². The van der Waals surface area contributed by atoms with E-state index in [1.807, 2.05) is 12.1 Å². The summed E-state index contributed by atoms with van der Waals surface area (Å²) in [6.07, 6.45) is 5.37. The molecule has 0 spiro atoms. The number of rotatable bonds is 6. The number of sulfonamides is 1. The van der Waals surface area contributed by atoms with Crippen LogP contribution in [-0.4, -0.2) is 19.9 Å². The fourth-order valence-corrected chi connectivity index (χ4v) is 4.48. The zero-order chi connectivity index (χ0) is 23.5. The van der Waals surface area contributed by atoms with Gasteiger partial charge in [-0.15, -0.1) is 6.42 Å². The number of nitrogens with one attached hydrogen (secondary N) is 2. The van der Waals surface area contributed by atoms with Gasteiger partial charge >= 0.3 is 0 Å². The Hall–Kier alpha value is -2.82. The number of carbonyl (C=O) groups is 1. The van der Waals surface area contributed by atoms with Crippen LogP contribution in [0.25, 0.3) is 11.1 Å². The van der Waals surface area contributed by atoms with Crippen LogP contribution in [0.4, 0.5) is 5.69 Å². The maximum atomic E-state index is 12.5. The summed E-state index contributed by atoms with van der Waals surface area (Å²) < 4.78 is 27.5. The van der Waals surface area contributed by atoms with Crippen molar-refractivity contribution in [1.82, 2.24) is 4.72 Å². The molecule has 3 aromatic rings. The van der Waals surface area contributed by atoms with E-state index in [2.05, 4.69) is 16.0 Å². The molecule has 0 radical (unpaired) electrons. The number of hydrogen-bond donors (Lipinski definition) is 2. The molecule has 0 saturated heterocycles. The first-order chi connectivity index (χ1) is 15.0. The van der Waals surface area contributed by atoms with Crippen LogP contribution < -0.4 is 10.0 Å². The number of amides is 1. The molecule has 1 amide bonds. The molecule has 0 saturated carbocycles. The van der Waals surface area contributed by atoms with Gasteiger partial charge in [-0.05, 0) is 67.4 Å². The van der Waals surface area contributed by atoms with Crippen molar-refractivity contribution in [3.05, 3.63) is 82.3 Å². The lowest BCUT2D eigenvalue weighted by molar-refractivity contribution is 0.102. The van der Waals surface area contributed by atoms with Crippen LogP contribution in [0.3, 0.4) is 0 Å². The molecule has 0 unspecified atom stereocenters. The van der Waals surface area contributed by atoms with Gasteiger partial charge in [0.25, 0.3) is 5.91 Å². The SMILES string of the molecule is C#CC(C)(C)NS(=O)(=O)c1ccc(-c2ccc(NC(=O)c3ccc(Cl)c(Cl)c3)cc2)cc1. The number of halogens is 2. The maximum Gasteiger partial charge on any atom is 0.255 e. The van der Waals surface area contributed by atoms with E-state index in [4.69, 9.17) is 29.6 Å². The lowest BCUT2D eigenvalue weighted by Crippen LogP contribution is -2.41. The Morgan fingerprint density at radius 1 is 0.906 bits per heavy atom. The minimum Gasteiger partial charge on any atom is -0.322 e. The second-order valence-corrected chi connectivity index (χ2v) is 10.1. The summed E-state index contributed by atoms with van der Waals surface area (Å²) in [6, 6.07) is 18.3. The summed E-state index contributed by atoms with van der Waals surface area (Å²) in [6.45, 7) is 3.22. The fourth-order valence-electron chi connectivity index (χ4n) is 2.84. The molecule has 3 aromatic carbocycles. The third-order valence-electron chi connectivity index (χ3n) is 4.57. The van der Waals surface area contributed by atoms with E-state index in [-0.39, 0.29) is 10.8 Å². The number of anilines is 1. The van der Waals surface area contributed by atoms with E-state index in [0.717, 1.165) is 11.1 Å². The van der Waals surface area contributed by atoms with E-state index in [1.165, 1.54) is 18.2 Å². The average Bonchev–Trinajstić information content (AvgIpc) is 2.75. The van der Waals surface area contributed by atoms with E-state index in [9.17, 15) is 13.2 Å². The highest BCUT2D eigenvalue weighted by atomic mass is 35.5. The maximum absolute atomic E-state index is 12.5. The van der Waals surface area contributed by atoms with Crippen LogP contribution in [0.1, 0.15) is 24.2 Å². The third-order valence-corrected chi connectivity index (χ3v) is 6.98. The zero-order valence-electron chi connectivity index (χ0n) is 17.3. The van der Waals surface area contributed by atoms with Crippen molar-refractivity contribution in [1.29, 1.82) is 0 Å². The van der Waals surface area contributed by atoms with Crippen LogP contribution in [-0.2, 0) is 10.0 Å². The Morgan fingerprint density at radius 2 is 1.47 bits per heavy atom. The summed E-state index contributed by atoms with van der Waals surface area (Å²) in [5.74, 6) is 2.09. The highest BCUT2D eigenvalue weighted by Gasteiger charge is 2.24. The third kappa shape index (κ3) is 5.70. The van der Waals surface area contributed by atoms with Crippen molar-refractivity contribution in [2.24, 2.45) is 0 Å². The van der Waals surface area contributed by atoms with Gasteiger partial charge in [-0.25, -0.2) is 8.42 Å². The summed E-state index contributed by atoms with van der Waals surface area (Å²) in [5.41, 5.74) is 1.68. The molecule has 5 nitrogen and oxygen atoms in total. The van der Waals surface area contributed by atoms with Gasteiger partial charge in [-0.2, -0.15) is 4.72 Å². The molecule has 32 heavy (non-hydrogen) atoms. The van der Waals surface area contributed by atoms with Gasteiger partial charge in [0, 0.05) is 11.3 Å². The standard InChI is InChI=1S/C24H20Cl2N2O3S/c1-4-24(2,3)28-32(30,31)20-12-7-17(8-13-20)16-5-10-19(11-6-16)27-23(29)18-9-14-21(25)22(26)15-18/h1,5-15,28H,2-3H3,(H,27,29). The number of benzene rings is 3. The average molecular weight is 487 g/mol. The molecule has 0 bridgehead atoms. The summed E-state index contributed by atoms with van der Waals surface area (Å²) in [7, 11) is -3.74. The van der Waals surface area contributed by atoms with E-state index in [0.29, 0.717) is 21.3 Å². The van der Waals surface area contributed by atoms with Crippen LogP contribution >= 0.6 is 23.2 Å². The highest BCUT2D eigenvalue weighted by Crippen LogP contribution is 2.25. The molecule has 0 aliphatic heterocycles. The van der Waals surface area contributed by atoms with Crippen molar-refractivity contribution in [2.75, 3.05) is 5.32 Å². The zero-order valence-corrected chi connectivity index (χ0v) is 19.6. The molecule has 3 rings (SSSR count). The van der Waals surface area contributed by atoms with Crippen molar-refractivity contribution in [3.63, 3.8) is 0 Å². The molecule has 0 fully saturated rings. The highest BCUT2D eigenvalue weighted by molar-refractivity contribution is 7.89. The lowest BCUT2D eigenvalue weighted by atomic mass is 10.1. The second-order valence-electron chi connectivity index (χ2n) is 7.56. The molecule has 0 aliphatic rings. The minimum absolute atomic E-state index is 0.120. The first-order valence-corrected chi connectivity index (χ1v) is 11.7. The molecular formula is C24H20Cl2N2O3S. The minimum atomic E-state index is -3.74. The number of hydrogen-bond acceptors (Lipinski definition) is 3. The van der Waals surface area contributed by atoms with Crippen molar-refractivity contribution >= 4 is 44.8 Å². The van der Waals surface area contributed by atoms with Gasteiger partial charge in [0.05, 0.1) is 20.5 Å². The molecule has 8 heteroatoms. The molecule has 0 heterocycles. The van der Waals surface area contributed by atoms with Crippen molar-refractivity contribution in [2.45, 2.75) is 24.3 Å². The molecule has 2 N–H and O–H groups in total. The van der Waals surface area contributed by atoms with Gasteiger partial charge in [0.15, 0.2) is 0 Å².